The molecule has 4 heteroatoms. The second-order valence-electron chi connectivity index (χ2n) is 4.57. The average molecular weight is 266 g/mol. The van der Waals surface area contributed by atoms with Gasteiger partial charge in [0.15, 0.2) is 0 Å². The summed E-state index contributed by atoms with van der Waals surface area (Å²) in [6, 6.07) is 5.86. The van der Waals surface area contributed by atoms with Gasteiger partial charge in [-0.05, 0) is 37.0 Å². The van der Waals surface area contributed by atoms with Gasteiger partial charge in [0.05, 0.1) is 5.56 Å². The zero-order valence-electron chi connectivity index (χ0n) is 11.5. The zero-order chi connectivity index (χ0) is 13.5. The Morgan fingerprint density at radius 2 is 2.17 bits per heavy atom. The van der Waals surface area contributed by atoms with Crippen LogP contribution in [0.25, 0.3) is 0 Å². The summed E-state index contributed by atoms with van der Waals surface area (Å²) in [5.41, 5.74) is 2.68. The highest BCUT2D eigenvalue weighted by molar-refractivity contribution is 7.98. The van der Waals surface area contributed by atoms with Crippen LogP contribution in [0.4, 0.5) is 5.69 Å². The molecule has 2 N–H and O–H groups in total. The number of thioether (sulfide) groups is 1. The number of benzene rings is 1. The smallest absolute Gasteiger partial charge is 0.253 e. The lowest BCUT2D eigenvalue weighted by Crippen LogP contribution is -2.29. The van der Waals surface area contributed by atoms with Crippen LogP contribution in [0.2, 0.25) is 0 Å². The SMILES string of the molecule is CNc1ccc(C)cc1C(=O)NCC(C)CSC. The van der Waals surface area contributed by atoms with Crippen LogP contribution >= 0.6 is 11.8 Å². The first-order chi connectivity index (χ1) is 8.58. The van der Waals surface area contributed by atoms with E-state index in [0.29, 0.717) is 11.5 Å². The molecule has 0 bridgehead atoms. The first-order valence-corrected chi connectivity index (χ1v) is 7.53. The molecule has 0 aromatic heterocycles. The summed E-state index contributed by atoms with van der Waals surface area (Å²) in [6.45, 7) is 4.86. The predicted molar refractivity (Wildman–Crippen MR) is 80.6 cm³/mol. The van der Waals surface area contributed by atoms with Crippen LogP contribution in [0, 0.1) is 12.8 Å². The first kappa shape index (κ1) is 14.9. The van der Waals surface area contributed by atoms with Crippen molar-refractivity contribution in [1.29, 1.82) is 0 Å². The Balaban J connectivity index is 2.68. The van der Waals surface area contributed by atoms with Crippen molar-refractivity contribution in [2.45, 2.75) is 13.8 Å². The second kappa shape index (κ2) is 7.31. The maximum Gasteiger partial charge on any atom is 0.253 e. The molecule has 100 valence electrons. The van der Waals surface area contributed by atoms with E-state index >= 15 is 0 Å². The van der Waals surface area contributed by atoms with Crippen molar-refractivity contribution in [3.63, 3.8) is 0 Å². The summed E-state index contributed by atoms with van der Waals surface area (Å²) in [7, 11) is 1.83. The lowest BCUT2D eigenvalue weighted by molar-refractivity contribution is 0.0950. The molecule has 1 atom stereocenters. The van der Waals surface area contributed by atoms with Crippen molar-refractivity contribution in [3.05, 3.63) is 29.3 Å². The largest absolute Gasteiger partial charge is 0.387 e. The van der Waals surface area contributed by atoms with E-state index in [9.17, 15) is 4.79 Å². The number of nitrogens with one attached hydrogen (secondary N) is 2. The maximum absolute atomic E-state index is 12.1. The standard InChI is InChI=1S/C14H22N2OS/c1-10-5-6-13(15-3)12(7-10)14(17)16-8-11(2)9-18-4/h5-7,11,15H,8-9H2,1-4H3,(H,16,17). The maximum atomic E-state index is 12.1. The topological polar surface area (TPSA) is 41.1 Å². The Bertz CT molecular complexity index is 407. The molecular formula is C14H22N2OS. The van der Waals surface area contributed by atoms with Gasteiger partial charge in [0.1, 0.15) is 0 Å². The van der Waals surface area contributed by atoms with E-state index < -0.39 is 0 Å². The Kier molecular flexibility index (Phi) is 6.05. The third-order valence-electron chi connectivity index (χ3n) is 2.75. The molecule has 1 unspecified atom stereocenters. The summed E-state index contributed by atoms with van der Waals surface area (Å²) >= 11 is 1.80. The summed E-state index contributed by atoms with van der Waals surface area (Å²) in [5.74, 6) is 1.55. The van der Waals surface area contributed by atoms with Crippen LogP contribution in [0.5, 0.6) is 0 Å². The van der Waals surface area contributed by atoms with E-state index in [1.165, 1.54) is 0 Å². The van der Waals surface area contributed by atoms with Crippen molar-refractivity contribution >= 4 is 23.4 Å². The van der Waals surface area contributed by atoms with Gasteiger partial charge in [0.25, 0.3) is 5.91 Å². The monoisotopic (exact) mass is 266 g/mol. The van der Waals surface area contributed by atoms with Crippen LogP contribution in [0.1, 0.15) is 22.8 Å². The fourth-order valence-corrected chi connectivity index (χ4v) is 2.46. The van der Waals surface area contributed by atoms with Crippen molar-refractivity contribution in [2.75, 3.05) is 30.9 Å². The predicted octanol–water partition coefficient (Wildman–Crippen LogP) is 2.77. The van der Waals surface area contributed by atoms with Gasteiger partial charge in [0.2, 0.25) is 0 Å². The number of hydrogen-bond donors (Lipinski definition) is 2. The second-order valence-corrected chi connectivity index (χ2v) is 5.48. The molecule has 1 aromatic rings. The number of carbonyl (C=O) groups excluding carboxylic acids is 1. The van der Waals surface area contributed by atoms with Crippen molar-refractivity contribution in [1.82, 2.24) is 5.32 Å². The Morgan fingerprint density at radius 1 is 1.44 bits per heavy atom. The number of rotatable bonds is 6. The molecule has 1 amide bonds. The lowest BCUT2D eigenvalue weighted by atomic mass is 10.1. The Morgan fingerprint density at radius 3 is 2.78 bits per heavy atom. The molecule has 3 nitrogen and oxygen atoms in total. The number of hydrogen-bond acceptors (Lipinski definition) is 3. The van der Waals surface area contributed by atoms with Gasteiger partial charge in [-0.3, -0.25) is 4.79 Å². The van der Waals surface area contributed by atoms with Gasteiger partial charge in [-0.25, -0.2) is 0 Å². The van der Waals surface area contributed by atoms with Gasteiger partial charge in [-0.2, -0.15) is 11.8 Å². The third kappa shape index (κ3) is 4.26. The lowest BCUT2D eigenvalue weighted by Gasteiger charge is -2.13. The Labute approximate surface area is 114 Å². The van der Waals surface area contributed by atoms with Crippen LogP contribution in [-0.4, -0.2) is 31.5 Å². The molecule has 1 aromatic carbocycles. The van der Waals surface area contributed by atoms with E-state index in [2.05, 4.69) is 23.8 Å². The summed E-state index contributed by atoms with van der Waals surface area (Å²) in [5, 5.41) is 6.04. The highest BCUT2D eigenvalue weighted by Crippen LogP contribution is 2.16. The highest BCUT2D eigenvalue weighted by Gasteiger charge is 2.11. The molecule has 0 saturated heterocycles. The van der Waals surface area contributed by atoms with Gasteiger partial charge < -0.3 is 10.6 Å². The molecule has 0 aliphatic rings. The fourth-order valence-electron chi connectivity index (χ4n) is 1.77. The van der Waals surface area contributed by atoms with Crippen molar-refractivity contribution < 1.29 is 4.79 Å². The fraction of sp³-hybridized carbons (Fsp3) is 0.500. The zero-order valence-corrected chi connectivity index (χ0v) is 12.4. The van der Waals surface area contributed by atoms with Crippen LogP contribution < -0.4 is 10.6 Å². The van der Waals surface area contributed by atoms with Crippen LogP contribution in [0.15, 0.2) is 18.2 Å². The number of aryl methyl sites for hydroxylation is 1. The van der Waals surface area contributed by atoms with E-state index in [-0.39, 0.29) is 5.91 Å². The van der Waals surface area contributed by atoms with E-state index in [4.69, 9.17) is 0 Å². The van der Waals surface area contributed by atoms with Gasteiger partial charge in [-0.1, -0.05) is 18.6 Å². The molecule has 0 fully saturated rings. The first-order valence-electron chi connectivity index (χ1n) is 6.14. The number of anilines is 1. The van der Waals surface area contributed by atoms with Crippen LogP contribution in [-0.2, 0) is 0 Å². The molecule has 0 radical (unpaired) electrons. The van der Waals surface area contributed by atoms with Gasteiger partial charge in [0, 0.05) is 19.3 Å². The van der Waals surface area contributed by atoms with Gasteiger partial charge >= 0.3 is 0 Å². The molecule has 1 rings (SSSR count). The third-order valence-corrected chi connectivity index (χ3v) is 3.65. The minimum Gasteiger partial charge on any atom is -0.387 e. The molecule has 0 aliphatic carbocycles. The molecule has 0 aliphatic heterocycles. The van der Waals surface area contributed by atoms with E-state index in [1.54, 1.807) is 11.8 Å². The quantitative estimate of drug-likeness (QED) is 0.832. The molecular weight excluding hydrogens is 244 g/mol. The van der Waals surface area contributed by atoms with Crippen molar-refractivity contribution in [2.24, 2.45) is 5.92 Å². The summed E-state index contributed by atoms with van der Waals surface area (Å²) in [4.78, 5) is 12.1. The summed E-state index contributed by atoms with van der Waals surface area (Å²) in [6.07, 6.45) is 2.08. The minimum atomic E-state index is -0.00370. The van der Waals surface area contributed by atoms with Crippen LogP contribution in [0.3, 0.4) is 0 Å². The number of carbonyl (C=O) groups is 1. The minimum absolute atomic E-state index is 0.00370. The molecule has 0 saturated carbocycles. The summed E-state index contributed by atoms with van der Waals surface area (Å²) < 4.78 is 0. The molecule has 0 spiro atoms. The number of amides is 1. The average Bonchev–Trinajstić information content (AvgIpc) is 2.36. The molecule has 18 heavy (non-hydrogen) atoms. The normalized spacial score (nSPS) is 12.0. The van der Waals surface area contributed by atoms with Crippen molar-refractivity contribution in [3.8, 4) is 0 Å². The van der Waals surface area contributed by atoms with E-state index in [1.807, 2.05) is 32.2 Å². The highest BCUT2D eigenvalue weighted by atomic mass is 32.2. The Hall–Kier alpha value is -1.16. The van der Waals surface area contributed by atoms with Gasteiger partial charge in [-0.15, -0.1) is 0 Å². The van der Waals surface area contributed by atoms with E-state index in [0.717, 1.165) is 23.5 Å². The molecule has 0 heterocycles.